The average molecular weight is 276 g/mol. The fourth-order valence-corrected chi connectivity index (χ4v) is 1.34. The van der Waals surface area contributed by atoms with Crippen molar-refractivity contribution in [2.24, 2.45) is 0 Å². The molecule has 0 unspecified atom stereocenters. The lowest BCUT2D eigenvalue weighted by atomic mass is 10.2. The maximum absolute atomic E-state index is 11.6. The minimum absolute atomic E-state index is 0.236. The van der Waals surface area contributed by atoms with Crippen molar-refractivity contribution in [1.82, 2.24) is 5.32 Å². The molecule has 0 spiro atoms. The zero-order chi connectivity index (χ0) is 13.0. The van der Waals surface area contributed by atoms with Crippen molar-refractivity contribution >= 4 is 35.2 Å². The van der Waals surface area contributed by atoms with Crippen LogP contribution in [-0.2, 0) is 4.74 Å². The lowest BCUT2D eigenvalue weighted by Crippen LogP contribution is -2.32. The highest BCUT2D eigenvalue weighted by atomic mass is 35.5. The highest BCUT2D eigenvalue weighted by Crippen LogP contribution is 2.22. The summed E-state index contributed by atoms with van der Waals surface area (Å²) in [6, 6.07) is 4.32. The molecule has 1 aromatic rings. The molecule has 6 heteroatoms. The molecule has 1 rings (SSSR count). The molecule has 1 N–H and O–H groups in total. The number of halogens is 2. The molecule has 0 atom stereocenters. The number of benzene rings is 1. The summed E-state index contributed by atoms with van der Waals surface area (Å²) in [7, 11) is 0. The van der Waals surface area contributed by atoms with E-state index >= 15 is 0 Å². The van der Waals surface area contributed by atoms with Crippen molar-refractivity contribution in [2.45, 2.75) is 20.0 Å². The predicted molar refractivity (Wildman–Crippen MR) is 65.5 cm³/mol. The molecule has 0 saturated heterocycles. The first-order valence-corrected chi connectivity index (χ1v) is 5.62. The second kappa shape index (κ2) is 5.89. The number of hydrogen-bond acceptors (Lipinski definition) is 3. The minimum atomic E-state index is -0.795. The van der Waals surface area contributed by atoms with Gasteiger partial charge >= 0.3 is 6.09 Å². The number of rotatable bonds is 2. The van der Waals surface area contributed by atoms with E-state index in [4.69, 9.17) is 27.9 Å². The number of carbonyl (C=O) groups excluding carboxylic acids is 2. The smallest absolute Gasteiger partial charge is 0.414 e. The van der Waals surface area contributed by atoms with E-state index in [-0.39, 0.29) is 16.7 Å². The van der Waals surface area contributed by atoms with E-state index in [1.165, 1.54) is 18.2 Å². The van der Waals surface area contributed by atoms with Crippen LogP contribution >= 0.6 is 23.2 Å². The lowest BCUT2D eigenvalue weighted by molar-refractivity contribution is 0.0876. The molecule has 1 aromatic carbocycles. The lowest BCUT2D eigenvalue weighted by Gasteiger charge is -2.08. The van der Waals surface area contributed by atoms with Gasteiger partial charge in [-0.25, -0.2) is 4.79 Å². The minimum Gasteiger partial charge on any atom is -0.447 e. The second-order valence-electron chi connectivity index (χ2n) is 3.54. The topological polar surface area (TPSA) is 55.4 Å². The molecule has 0 radical (unpaired) electrons. The Morgan fingerprint density at radius 3 is 2.41 bits per heavy atom. The standard InChI is InChI=1S/C11H11Cl2NO3/c1-6(2)17-11(16)14-10(15)7-3-4-8(12)9(13)5-7/h3-6H,1-2H3,(H,14,15,16). The highest BCUT2D eigenvalue weighted by Gasteiger charge is 2.13. The molecule has 0 heterocycles. The number of imide groups is 1. The van der Waals surface area contributed by atoms with Crippen LogP contribution in [0.1, 0.15) is 24.2 Å². The van der Waals surface area contributed by atoms with Crippen molar-refractivity contribution in [3.05, 3.63) is 33.8 Å². The van der Waals surface area contributed by atoms with E-state index in [9.17, 15) is 9.59 Å². The molecule has 0 saturated carbocycles. The van der Waals surface area contributed by atoms with Gasteiger partial charge in [-0.2, -0.15) is 0 Å². The van der Waals surface area contributed by atoms with Crippen LogP contribution in [0.3, 0.4) is 0 Å². The van der Waals surface area contributed by atoms with Crippen LogP contribution in [0.15, 0.2) is 18.2 Å². The molecule has 0 aliphatic heterocycles. The van der Waals surface area contributed by atoms with Crippen molar-refractivity contribution < 1.29 is 14.3 Å². The Kier molecular flexibility index (Phi) is 4.78. The zero-order valence-electron chi connectivity index (χ0n) is 9.29. The Bertz CT molecular complexity index is 446. The molecular weight excluding hydrogens is 265 g/mol. The van der Waals surface area contributed by atoms with Gasteiger partial charge in [-0.3, -0.25) is 10.1 Å². The molecule has 0 fully saturated rings. The largest absolute Gasteiger partial charge is 0.447 e. The SMILES string of the molecule is CC(C)OC(=O)NC(=O)c1ccc(Cl)c(Cl)c1. The van der Waals surface area contributed by atoms with Gasteiger partial charge in [0.05, 0.1) is 16.1 Å². The third-order valence-electron chi connectivity index (χ3n) is 1.74. The van der Waals surface area contributed by atoms with E-state index in [2.05, 4.69) is 5.32 Å². The van der Waals surface area contributed by atoms with Crippen molar-refractivity contribution in [3.63, 3.8) is 0 Å². The van der Waals surface area contributed by atoms with Gasteiger partial charge in [0.1, 0.15) is 0 Å². The first-order chi connectivity index (χ1) is 7.90. The molecule has 17 heavy (non-hydrogen) atoms. The van der Waals surface area contributed by atoms with Crippen LogP contribution in [0.25, 0.3) is 0 Å². The van der Waals surface area contributed by atoms with Gasteiger partial charge in [0.25, 0.3) is 5.91 Å². The maximum atomic E-state index is 11.6. The molecule has 0 aliphatic rings. The van der Waals surface area contributed by atoms with Gasteiger partial charge in [0.2, 0.25) is 0 Å². The first-order valence-electron chi connectivity index (χ1n) is 4.87. The van der Waals surface area contributed by atoms with Crippen LogP contribution in [-0.4, -0.2) is 18.1 Å². The third-order valence-corrected chi connectivity index (χ3v) is 2.48. The van der Waals surface area contributed by atoms with Crippen molar-refractivity contribution in [2.75, 3.05) is 0 Å². The van der Waals surface area contributed by atoms with E-state index < -0.39 is 12.0 Å². The molecular formula is C11H11Cl2NO3. The highest BCUT2D eigenvalue weighted by molar-refractivity contribution is 6.42. The monoisotopic (exact) mass is 275 g/mol. The quantitative estimate of drug-likeness (QED) is 0.901. The Balaban J connectivity index is 2.70. The maximum Gasteiger partial charge on any atom is 0.414 e. The number of nitrogens with one attached hydrogen (secondary N) is 1. The van der Waals surface area contributed by atoms with E-state index in [0.717, 1.165) is 0 Å². The summed E-state index contributed by atoms with van der Waals surface area (Å²) in [5.74, 6) is -0.589. The predicted octanol–water partition coefficient (Wildman–Crippen LogP) is 3.27. The van der Waals surface area contributed by atoms with Gasteiger partial charge in [-0.05, 0) is 32.0 Å². The van der Waals surface area contributed by atoms with Gasteiger partial charge < -0.3 is 4.74 Å². The normalized spacial score (nSPS) is 10.2. The Labute approximate surface area is 109 Å². The summed E-state index contributed by atoms with van der Waals surface area (Å²) in [5, 5.41) is 2.66. The number of hydrogen-bond donors (Lipinski definition) is 1. The summed E-state index contributed by atoms with van der Waals surface area (Å²) in [4.78, 5) is 22.8. The summed E-state index contributed by atoms with van der Waals surface area (Å²) in [5.41, 5.74) is 0.236. The Hall–Kier alpha value is -1.26. The van der Waals surface area contributed by atoms with Gasteiger partial charge in [-0.15, -0.1) is 0 Å². The van der Waals surface area contributed by atoms with Crippen LogP contribution in [0.5, 0.6) is 0 Å². The third kappa shape index (κ3) is 4.24. The van der Waals surface area contributed by atoms with Gasteiger partial charge in [0.15, 0.2) is 0 Å². The molecule has 4 nitrogen and oxygen atoms in total. The molecule has 92 valence electrons. The summed E-state index contributed by atoms with van der Waals surface area (Å²) < 4.78 is 4.77. The molecule has 2 amide bonds. The number of amides is 2. The number of alkyl carbamates (subject to hydrolysis) is 1. The van der Waals surface area contributed by atoms with Crippen LogP contribution < -0.4 is 5.32 Å². The first kappa shape index (κ1) is 13.8. The Morgan fingerprint density at radius 2 is 1.88 bits per heavy atom. The molecule has 0 aliphatic carbocycles. The molecule has 0 bridgehead atoms. The van der Waals surface area contributed by atoms with Crippen LogP contribution in [0.2, 0.25) is 10.0 Å². The van der Waals surface area contributed by atoms with E-state index in [0.29, 0.717) is 5.02 Å². The Morgan fingerprint density at radius 1 is 1.24 bits per heavy atom. The summed E-state index contributed by atoms with van der Waals surface area (Å²) in [6.07, 6.45) is -1.09. The fourth-order valence-electron chi connectivity index (χ4n) is 1.05. The number of carbonyl (C=O) groups is 2. The molecule has 0 aromatic heterocycles. The van der Waals surface area contributed by atoms with Gasteiger partial charge in [-0.1, -0.05) is 23.2 Å². The van der Waals surface area contributed by atoms with E-state index in [1.54, 1.807) is 13.8 Å². The van der Waals surface area contributed by atoms with E-state index in [1.807, 2.05) is 0 Å². The van der Waals surface area contributed by atoms with Crippen molar-refractivity contribution in [1.29, 1.82) is 0 Å². The zero-order valence-corrected chi connectivity index (χ0v) is 10.8. The van der Waals surface area contributed by atoms with Crippen LogP contribution in [0, 0.1) is 0 Å². The summed E-state index contributed by atoms with van der Waals surface area (Å²) >= 11 is 11.5. The van der Waals surface area contributed by atoms with Crippen molar-refractivity contribution in [3.8, 4) is 0 Å². The van der Waals surface area contributed by atoms with Gasteiger partial charge in [0, 0.05) is 5.56 Å². The second-order valence-corrected chi connectivity index (χ2v) is 4.35. The average Bonchev–Trinajstić information content (AvgIpc) is 2.20. The fraction of sp³-hybridized carbons (Fsp3) is 0.273. The number of ether oxygens (including phenoxy) is 1. The van der Waals surface area contributed by atoms with Crippen LogP contribution in [0.4, 0.5) is 4.79 Å². The summed E-state index contributed by atoms with van der Waals surface area (Å²) in [6.45, 7) is 3.37.